The standard InChI is InChI=1S/C19H16F3NO5S/c20-19(21,22)29(26,27)28-14-8-5-7-13(12-14)6-3-4-11-23-17(24)15-9-1-2-10-16(15)18(23)25/h1-2,5,7-10,12H,3-4,6,11H2. The van der Waals surface area contributed by atoms with Crippen LogP contribution in [0.2, 0.25) is 0 Å². The van der Waals surface area contributed by atoms with Crippen LogP contribution in [0.15, 0.2) is 48.5 Å². The summed E-state index contributed by atoms with van der Waals surface area (Å²) >= 11 is 0. The van der Waals surface area contributed by atoms with Crippen molar-refractivity contribution in [3.63, 3.8) is 0 Å². The van der Waals surface area contributed by atoms with Crippen LogP contribution in [0.4, 0.5) is 13.2 Å². The van der Waals surface area contributed by atoms with Crippen LogP contribution in [-0.2, 0) is 16.5 Å². The van der Waals surface area contributed by atoms with Crippen molar-refractivity contribution in [1.82, 2.24) is 4.90 Å². The highest BCUT2D eigenvalue weighted by Crippen LogP contribution is 2.27. The number of aryl methyl sites for hydroxylation is 1. The average Bonchev–Trinajstić information content (AvgIpc) is 2.89. The molecule has 0 fully saturated rings. The Kier molecular flexibility index (Phi) is 5.65. The molecular formula is C19H16F3NO5S. The predicted molar refractivity (Wildman–Crippen MR) is 96.8 cm³/mol. The minimum Gasteiger partial charge on any atom is -0.376 e. The van der Waals surface area contributed by atoms with E-state index in [1.54, 1.807) is 30.3 Å². The van der Waals surface area contributed by atoms with Gasteiger partial charge in [0.2, 0.25) is 0 Å². The molecule has 1 heterocycles. The molecule has 29 heavy (non-hydrogen) atoms. The number of halogens is 3. The number of carbonyl (C=O) groups excluding carboxylic acids is 2. The van der Waals surface area contributed by atoms with Gasteiger partial charge in [-0.1, -0.05) is 24.3 Å². The van der Waals surface area contributed by atoms with Crippen molar-refractivity contribution in [3.8, 4) is 5.75 Å². The molecule has 2 aromatic rings. The van der Waals surface area contributed by atoms with Gasteiger partial charge < -0.3 is 4.18 Å². The Labute approximate surface area is 165 Å². The first-order valence-electron chi connectivity index (χ1n) is 8.65. The zero-order valence-electron chi connectivity index (χ0n) is 15.0. The molecule has 1 aliphatic heterocycles. The highest BCUT2D eigenvalue weighted by molar-refractivity contribution is 7.88. The number of rotatable bonds is 7. The lowest BCUT2D eigenvalue weighted by molar-refractivity contribution is -0.0500. The first-order valence-corrected chi connectivity index (χ1v) is 10.1. The van der Waals surface area contributed by atoms with Crippen LogP contribution in [0.3, 0.4) is 0 Å². The minimum atomic E-state index is -5.72. The van der Waals surface area contributed by atoms with Crippen LogP contribution in [0, 0.1) is 0 Å². The van der Waals surface area contributed by atoms with Crippen LogP contribution in [0.1, 0.15) is 39.1 Å². The van der Waals surface area contributed by atoms with Gasteiger partial charge in [0.25, 0.3) is 11.8 Å². The number of carbonyl (C=O) groups is 2. The van der Waals surface area contributed by atoms with Crippen molar-refractivity contribution in [2.45, 2.75) is 24.8 Å². The number of hydrogen-bond acceptors (Lipinski definition) is 5. The summed E-state index contributed by atoms with van der Waals surface area (Å²) in [6.07, 6.45) is 1.42. The molecule has 2 aromatic carbocycles. The molecular weight excluding hydrogens is 411 g/mol. The Hall–Kier alpha value is -2.88. The van der Waals surface area contributed by atoms with Gasteiger partial charge in [0, 0.05) is 6.54 Å². The van der Waals surface area contributed by atoms with Gasteiger partial charge in [-0.05, 0) is 49.1 Å². The summed E-state index contributed by atoms with van der Waals surface area (Å²) < 4.78 is 63.5. The Morgan fingerprint density at radius 2 is 1.52 bits per heavy atom. The molecule has 0 saturated heterocycles. The maximum Gasteiger partial charge on any atom is 0.534 e. The molecule has 6 nitrogen and oxygen atoms in total. The first-order chi connectivity index (χ1) is 13.6. The first kappa shape index (κ1) is 20.8. The van der Waals surface area contributed by atoms with Gasteiger partial charge in [0.05, 0.1) is 11.1 Å². The normalized spacial score (nSPS) is 14.2. The maximum absolute atomic E-state index is 12.4. The lowest BCUT2D eigenvalue weighted by Gasteiger charge is -2.13. The number of hydrogen-bond donors (Lipinski definition) is 0. The molecule has 3 rings (SSSR count). The molecule has 1 aliphatic rings. The summed E-state index contributed by atoms with van der Waals surface area (Å²) in [5.74, 6) is -1.13. The third kappa shape index (κ3) is 4.42. The van der Waals surface area contributed by atoms with E-state index in [9.17, 15) is 31.2 Å². The molecule has 0 aromatic heterocycles. The third-order valence-corrected chi connectivity index (χ3v) is 5.34. The zero-order chi connectivity index (χ0) is 21.2. The van der Waals surface area contributed by atoms with Crippen LogP contribution >= 0.6 is 0 Å². The SMILES string of the molecule is O=C1c2ccccc2C(=O)N1CCCCc1cccc(OS(=O)(=O)C(F)(F)F)c1. The van der Waals surface area contributed by atoms with Crippen LogP contribution in [0.5, 0.6) is 5.75 Å². The van der Waals surface area contributed by atoms with E-state index in [2.05, 4.69) is 4.18 Å². The van der Waals surface area contributed by atoms with E-state index in [-0.39, 0.29) is 18.4 Å². The zero-order valence-corrected chi connectivity index (χ0v) is 15.8. The van der Waals surface area contributed by atoms with Gasteiger partial charge in [-0.25, -0.2) is 0 Å². The number of fused-ring (bicyclic) bond motifs is 1. The van der Waals surface area contributed by atoms with E-state index in [1.165, 1.54) is 17.0 Å². The quantitative estimate of drug-likeness (QED) is 0.292. The highest BCUT2D eigenvalue weighted by atomic mass is 32.2. The van der Waals surface area contributed by atoms with E-state index < -0.39 is 21.4 Å². The second kappa shape index (κ2) is 7.86. The van der Waals surface area contributed by atoms with Crippen LogP contribution in [-0.4, -0.2) is 37.2 Å². The number of unbranched alkanes of at least 4 members (excludes halogenated alkanes) is 1. The minimum absolute atomic E-state index is 0.213. The Morgan fingerprint density at radius 1 is 0.897 bits per heavy atom. The topological polar surface area (TPSA) is 80.8 Å². The van der Waals surface area contributed by atoms with E-state index in [1.807, 2.05) is 0 Å². The monoisotopic (exact) mass is 427 g/mol. The highest BCUT2D eigenvalue weighted by Gasteiger charge is 2.48. The van der Waals surface area contributed by atoms with Crippen molar-refractivity contribution in [1.29, 1.82) is 0 Å². The van der Waals surface area contributed by atoms with Crippen molar-refractivity contribution in [2.75, 3.05) is 6.54 Å². The molecule has 0 spiro atoms. The fraction of sp³-hybridized carbons (Fsp3) is 0.263. The van der Waals surface area contributed by atoms with Crippen molar-refractivity contribution >= 4 is 21.9 Å². The van der Waals surface area contributed by atoms with E-state index in [0.717, 1.165) is 6.07 Å². The van der Waals surface area contributed by atoms with Gasteiger partial charge in [-0.2, -0.15) is 21.6 Å². The lowest BCUT2D eigenvalue weighted by atomic mass is 10.1. The number of nitrogens with zero attached hydrogens (tertiary/aromatic N) is 1. The molecule has 0 saturated carbocycles. The summed E-state index contributed by atoms with van der Waals surface area (Å²) in [6, 6.07) is 11.9. The van der Waals surface area contributed by atoms with Crippen LogP contribution < -0.4 is 4.18 Å². The fourth-order valence-corrected chi connectivity index (χ4v) is 3.42. The molecule has 0 bridgehead atoms. The van der Waals surface area contributed by atoms with E-state index in [4.69, 9.17) is 0 Å². The van der Waals surface area contributed by atoms with Crippen molar-refractivity contribution < 1.29 is 35.4 Å². The van der Waals surface area contributed by atoms with Crippen molar-refractivity contribution in [2.24, 2.45) is 0 Å². The van der Waals surface area contributed by atoms with Gasteiger partial charge in [0.15, 0.2) is 0 Å². The van der Waals surface area contributed by atoms with Gasteiger partial charge >= 0.3 is 15.6 Å². The lowest BCUT2D eigenvalue weighted by Crippen LogP contribution is -2.30. The summed E-state index contributed by atoms with van der Waals surface area (Å²) in [5, 5.41) is 0. The third-order valence-electron chi connectivity index (χ3n) is 4.36. The Balaban J connectivity index is 1.54. The average molecular weight is 427 g/mol. The number of alkyl halides is 3. The molecule has 2 amide bonds. The fourth-order valence-electron chi connectivity index (χ4n) is 2.97. The second-order valence-electron chi connectivity index (χ2n) is 6.40. The van der Waals surface area contributed by atoms with Crippen molar-refractivity contribution in [3.05, 3.63) is 65.2 Å². The van der Waals surface area contributed by atoms with E-state index >= 15 is 0 Å². The second-order valence-corrected chi connectivity index (χ2v) is 7.93. The molecule has 0 atom stereocenters. The number of imide groups is 1. The van der Waals surface area contributed by atoms with Gasteiger partial charge in [-0.3, -0.25) is 14.5 Å². The summed E-state index contributed by atoms with van der Waals surface area (Å²) in [4.78, 5) is 25.7. The summed E-state index contributed by atoms with van der Waals surface area (Å²) in [5.41, 5.74) is -4.20. The molecule has 154 valence electrons. The van der Waals surface area contributed by atoms with Crippen LogP contribution in [0.25, 0.3) is 0 Å². The summed E-state index contributed by atoms with van der Waals surface area (Å²) in [7, 11) is -5.72. The number of amides is 2. The predicted octanol–water partition coefficient (Wildman–Crippen LogP) is 3.53. The summed E-state index contributed by atoms with van der Waals surface area (Å²) in [6.45, 7) is 0.213. The number of benzene rings is 2. The molecule has 0 unspecified atom stereocenters. The largest absolute Gasteiger partial charge is 0.534 e. The maximum atomic E-state index is 12.4. The molecule has 0 radical (unpaired) electrons. The Bertz CT molecular complexity index is 1010. The van der Waals surface area contributed by atoms with E-state index in [0.29, 0.717) is 36.0 Å². The Morgan fingerprint density at radius 3 is 2.10 bits per heavy atom. The van der Waals surface area contributed by atoms with Gasteiger partial charge in [-0.15, -0.1) is 0 Å². The smallest absolute Gasteiger partial charge is 0.376 e. The van der Waals surface area contributed by atoms with Gasteiger partial charge in [0.1, 0.15) is 5.75 Å². The molecule has 0 aliphatic carbocycles. The molecule has 10 heteroatoms. The molecule has 0 N–H and O–H groups in total.